The highest BCUT2D eigenvalue weighted by Crippen LogP contribution is 2.38. The van der Waals surface area contributed by atoms with Crippen LogP contribution in [0.15, 0.2) is 9.85 Å². The minimum atomic E-state index is -0.102. The number of aryl methyl sites for hydroxylation is 1. The molecule has 0 spiro atoms. The third-order valence-corrected chi connectivity index (χ3v) is 5.47. The van der Waals surface area contributed by atoms with E-state index in [4.69, 9.17) is 0 Å². The fraction of sp³-hybridized carbons (Fsp3) is 0.667. The topological polar surface area (TPSA) is 41.1 Å². The Bertz CT molecular complexity index is 472. The molecule has 0 aromatic carbocycles. The van der Waals surface area contributed by atoms with Crippen LogP contribution in [0.5, 0.6) is 0 Å². The fourth-order valence-electron chi connectivity index (χ4n) is 2.83. The standard InChI is InChI=1S/C15H23BrN2OS/c1-9(2)7-12(15(19)17-3)18-11-5-4-6-13-10(11)8-14(16)20-13/h8-9,11-12,18H,4-7H2,1-3H3,(H,17,19). The van der Waals surface area contributed by atoms with Crippen molar-refractivity contribution < 1.29 is 4.79 Å². The van der Waals surface area contributed by atoms with Gasteiger partial charge in [-0.05, 0) is 59.2 Å². The number of amides is 1. The van der Waals surface area contributed by atoms with Crippen LogP contribution in [0.1, 0.15) is 49.6 Å². The zero-order valence-electron chi connectivity index (χ0n) is 12.3. The Morgan fingerprint density at radius 3 is 2.95 bits per heavy atom. The number of hydrogen-bond acceptors (Lipinski definition) is 3. The molecular formula is C15H23BrN2OS. The highest BCUT2D eigenvalue weighted by atomic mass is 79.9. The van der Waals surface area contributed by atoms with E-state index in [1.165, 1.54) is 27.1 Å². The van der Waals surface area contributed by atoms with Crippen molar-refractivity contribution >= 4 is 33.2 Å². The predicted octanol–water partition coefficient (Wildman–Crippen LogP) is 3.64. The summed E-state index contributed by atoms with van der Waals surface area (Å²) in [5, 5.41) is 6.36. The van der Waals surface area contributed by atoms with Gasteiger partial charge in [0.1, 0.15) is 0 Å². The van der Waals surface area contributed by atoms with Gasteiger partial charge in [-0.3, -0.25) is 10.1 Å². The summed E-state index contributed by atoms with van der Waals surface area (Å²) in [6.07, 6.45) is 4.34. The first-order valence-corrected chi connectivity index (χ1v) is 8.88. The summed E-state index contributed by atoms with van der Waals surface area (Å²) in [5.74, 6) is 0.599. The molecule has 0 aliphatic heterocycles. The van der Waals surface area contributed by atoms with Crippen molar-refractivity contribution in [2.45, 2.75) is 51.6 Å². The van der Waals surface area contributed by atoms with Crippen LogP contribution in [-0.2, 0) is 11.2 Å². The van der Waals surface area contributed by atoms with E-state index in [-0.39, 0.29) is 11.9 Å². The Morgan fingerprint density at radius 2 is 2.30 bits per heavy atom. The van der Waals surface area contributed by atoms with Crippen molar-refractivity contribution in [3.63, 3.8) is 0 Å². The predicted molar refractivity (Wildman–Crippen MR) is 88.1 cm³/mol. The third-order valence-electron chi connectivity index (χ3n) is 3.76. The molecule has 3 nitrogen and oxygen atoms in total. The average molecular weight is 359 g/mol. The van der Waals surface area contributed by atoms with Crippen molar-refractivity contribution in [1.29, 1.82) is 0 Å². The Hall–Kier alpha value is -0.390. The second kappa shape index (κ2) is 7.05. The van der Waals surface area contributed by atoms with Crippen molar-refractivity contribution in [2.24, 2.45) is 5.92 Å². The van der Waals surface area contributed by atoms with Gasteiger partial charge in [-0.2, -0.15) is 0 Å². The van der Waals surface area contributed by atoms with Gasteiger partial charge in [0.2, 0.25) is 5.91 Å². The van der Waals surface area contributed by atoms with Crippen LogP contribution in [0.4, 0.5) is 0 Å². The molecular weight excluding hydrogens is 336 g/mol. The second-order valence-corrected chi connectivity index (χ2v) is 8.35. The maximum Gasteiger partial charge on any atom is 0.236 e. The largest absolute Gasteiger partial charge is 0.358 e. The minimum Gasteiger partial charge on any atom is -0.358 e. The Labute approximate surface area is 133 Å². The molecule has 0 saturated heterocycles. The maximum atomic E-state index is 12.1. The van der Waals surface area contributed by atoms with E-state index in [0.717, 1.165) is 12.8 Å². The number of likely N-dealkylation sites (N-methyl/N-ethyl adjacent to an activating group) is 1. The molecule has 2 N–H and O–H groups in total. The maximum absolute atomic E-state index is 12.1. The van der Waals surface area contributed by atoms with Crippen LogP contribution in [0.3, 0.4) is 0 Å². The van der Waals surface area contributed by atoms with Gasteiger partial charge in [0.05, 0.1) is 9.83 Å². The fourth-order valence-corrected chi connectivity index (χ4v) is 4.65. The number of carbonyl (C=O) groups is 1. The summed E-state index contributed by atoms with van der Waals surface area (Å²) in [5.41, 5.74) is 1.38. The average Bonchev–Trinajstić information content (AvgIpc) is 2.78. The van der Waals surface area contributed by atoms with Gasteiger partial charge in [0, 0.05) is 18.0 Å². The summed E-state index contributed by atoms with van der Waals surface area (Å²) in [6.45, 7) is 4.32. The molecule has 1 aliphatic rings. The molecule has 0 fully saturated rings. The summed E-state index contributed by atoms with van der Waals surface area (Å²) in [7, 11) is 1.71. The van der Waals surface area contributed by atoms with E-state index in [2.05, 4.69) is 46.5 Å². The second-order valence-electron chi connectivity index (χ2n) is 5.84. The molecule has 2 unspecified atom stereocenters. The number of thiophene rings is 1. The summed E-state index contributed by atoms with van der Waals surface area (Å²) in [4.78, 5) is 13.5. The Kier molecular flexibility index (Phi) is 5.64. The van der Waals surface area contributed by atoms with Gasteiger partial charge in [-0.1, -0.05) is 13.8 Å². The first-order valence-electron chi connectivity index (χ1n) is 7.27. The summed E-state index contributed by atoms with van der Waals surface area (Å²) in [6, 6.07) is 2.42. The smallest absolute Gasteiger partial charge is 0.236 e. The SMILES string of the molecule is CNC(=O)C(CC(C)C)NC1CCCc2sc(Br)cc21. The van der Waals surface area contributed by atoms with E-state index in [1.807, 2.05) is 11.3 Å². The molecule has 1 aliphatic carbocycles. The molecule has 2 atom stereocenters. The van der Waals surface area contributed by atoms with Crippen molar-refractivity contribution in [3.05, 3.63) is 20.3 Å². The lowest BCUT2D eigenvalue weighted by Gasteiger charge is -2.29. The first kappa shape index (κ1) is 16.0. The van der Waals surface area contributed by atoms with Crippen LogP contribution >= 0.6 is 27.3 Å². The number of fused-ring (bicyclic) bond motifs is 1. The molecule has 2 rings (SSSR count). The van der Waals surface area contributed by atoms with Gasteiger partial charge in [0.15, 0.2) is 0 Å². The highest BCUT2D eigenvalue weighted by molar-refractivity contribution is 9.11. The van der Waals surface area contributed by atoms with Gasteiger partial charge in [0.25, 0.3) is 0 Å². The number of nitrogens with one attached hydrogen (secondary N) is 2. The van der Waals surface area contributed by atoms with Crippen LogP contribution in [0, 0.1) is 5.92 Å². The summed E-state index contributed by atoms with van der Waals surface area (Å²) < 4.78 is 1.19. The normalized spacial score (nSPS) is 19.8. The van der Waals surface area contributed by atoms with Crippen LogP contribution in [-0.4, -0.2) is 19.0 Å². The van der Waals surface area contributed by atoms with Gasteiger partial charge >= 0.3 is 0 Å². The number of carbonyl (C=O) groups excluding carboxylic acids is 1. The molecule has 0 bridgehead atoms. The molecule has 1 aromatic heterocycles. The van der Waals surface area contributed by atoms with Crippen molar-refractivity contribution in [3.8, 4) is 0 Å². The van der Waals surface area contributed by atoms with Crippen LogP contribution in [0.25, 0.3) is 0 Å². The van der Waals surface area contributed by atoms with E-state index in [1.54, 1.807) is 7.05 Å². The van der Waals surface area contributed by atoms with Crippen molar-refractivity contribution in [1.82, 2.24) is 10.6 Å². The molecule has 1 amide bonds. The Morgan fingerprint density at radius 1 is 1.55 bits per heavy atom. The summed E-state index contributed by atoms with van der Waals surface area (Å²) >= 11 is 5.41. The number of rotatable bonds is 5. The molecule has 1 aromatic rings. The lowest BCUT2D eigenvalue weighted by atomic mass is 9.92. The van der Waals surface area contributed by atoms with Gasteiger partial charge < -0.3 is 5.32 Å². The lowest BCUT2D eigenvalue weighted by Crippen LogP contribution is -2.45. The molecule has 5 heteroatoms. The minimum absolute atomic E-state index is 0.0973. The Balaban J connectivity index is 2.12. The molecule has 112 valence electrons. The monoisotopic (exact) mass is 358 g/mol. The first-order chi connectivity index (χ1) is 9.51. The lowest BCUT2D eigenvalue weighted by molar-refractivity contribution is -0.123. The third kappa shape index (κ3) is 3.83. The van der Waals surface area contributed by atoms with E-state index in [9.17, 15) is 4.79 Å². The zero-order chi connectivity index (χ0) is 14.7. The van der Waals surface area contributed by atoms with E-state index in [0.29, 0.717) is 12.0 Å². The molecule has 1 heterocycles. The van der Waals surface area contributed by atoms with Crippen LogP contribution < -0.4 is 10.6 Å². The van der Waals surface area contributed by atoms with E-state index >= 15 is 0 Å². The number of hydrogen-bond donors (Lipinski definition) is 2. The molecule has 0 radical (unpaired) electrons. The van der Waals surface area contributed by atoms with Crippen LogP contribution in [0.2, 0.25) is 0 Å². The molecule has 20 heavy (non-hydrogen) atoms. The van der Waals surface area contributed by atoms with Gasteiger partial charge in [-0.15, -0.1) is 11.3 Å². The highest BCUT2D eigenvalue weighted by Gasteiger charge is 2.27. The van der Waals surface area contributed by atoms with Crippen molar-refractivity contribution in [2.75, 3.05) is 7.05 Å². The van der Waals surface area contributed by atoms with Gasteiger partial charge in [-0.25, -0.2) is 0 Å². The zero-order valence-corrected chi connectivity index (χ0v) is 14.7. The van der Waals surface area contributed by atoms with E-state index < -0.39 is 0 Å². The quantitative estimate of drug-likeness (QED) is 0.843. The molecule has 0 saturated carbocycles. The number of halogens is 1.